The first-order chi connectivity index (χ1) is 3.93. The summed E-state index contributed by atoms with van der Waals surface area (Å²) in [5.74, 6) is 1.72. The molecule has 0 fully saturated rings. The first-order valence-corrected chi connectivity index (χ1v) is 2.28. The molecule has 0 aromatic carbocycles. The molecule has 3 heteroatoms. The van der Waals surface area contributed by atoms with Crippen LogP contribution in [-0.2, 0) is 21.6 Å². The van der Waals surface area contributed by atoms with E-state index in [1.807, 2.05) is 0 Å². The van der Waals surface area contributed by atoms with Gasteiger partial charge in [0.2, 0.25) is 0 Å². The van der Waals surface area contributed by atoms with Crippen molar-refractivity contribution in [2.75, 3.05) is 0 Å². The van der Waals surface area contributed by atoms with Crippen molar-refractivity contribution in [3.8, 4) is 0 Å². The molecule has 2 nitrogen and oxygen atoms in total. The van der Waals surface area contributed by atoms with Crippen molar-refractivity contribution >= 4 is 5.94 Å². The van der Waals surface area contributed by atoms with Crippen LogP contribution in [-0.4, -0.2) is 5.94 Å². The van der Waals surface area contributed by atoms with Crippen LogP contribution in [0.3, 0.4) is 0 Å². The van der Waals surface area contributed by atoms with Crippen molar-refractivity contribution in [2.24, 2.45) is 0 Å². The molecule has 0 aromatic heterocycles. The van der Waals surface area contributed by atoms with Gasteiger partial charge in [-0.05, 0) is 12.2 Å². The topological polar surface area (TPSA) is 29.1 Å². The number of hydrogen-bond acceptors (Lipinski definition) is 2. The summed E-state index contributed by atoms with van der Waals surface area (Å²) in [6.45, 7) is 0. The molecule has 0 aromatic rings. The predicted molar refractivity (Wildman–Crippen MR) is 30.6 cm³/mol. The van der Waals surface area contributed by atoms with E-state index in [1.54, 1.807) is 30.4 Å². The van der Waals surface area contributed by atoms with Crippen molar-refractivity contribution < 1.29 is 21.6 Å². The predicted octanol–water partition coefficient (Wildman–Crippen LogP) is 0.372. The van der Waals surface area contributed by atoms with E-state index in [0.717, 1.165) is 0 Å². The van der Waals surface area contributed by atoms with E-state index in [-0.39, 0.29) is 16.8 Å². The molecule has 0 bridgehead atoms. The first kappa shape index (κ1) is 8.24. The van der Waals surface area contributed by atoms with Gasteiger partial charge in [0, 0.05) is 23.0 Å². The normalized spacial score (nSPS) is 13.6. The molecule has 0 atom stereocenters. The van der Waals surface area contributed by atoms with Gasteiger partial charge < -0.3 is 5.32 Å². The van der Waals surface area contributed by atoms with Gasteiger partial charge >= 0.3 is 0 Å². The number of rotatable bonds is 0. The van der Waals surface area contributed by atoms with Crippen LogP contribution >= 0.6 is 0 Å². The van der Waals surface area contributed by atoms with Gasteiger partial charge in [0.1, 0.15) is 5.70 Å². The zero-order valence-electron chi connectivity index (χ0n) is 4.55. The first-order valence-electron chi connectivity index (χ1n) is 2.28. The Kier molecular flexibility index (Phi) is 3.80. The van der Waals surface area contributed by atoms with Crippen LogP contribution in [0, 0.1) is 0 Å². The minimum Gasteiger partial charge on any atom is -0.353 e. The van der Waals surface area contributed by atoms with E-state index in [4.69, 9.17) is 0 Å². The van der Waals surface area contributed by atoms with E-state index < -0.39 is 0 Å². The summed E-state index contributed by atoms with van der Waals surface area (Å²) in [6, 6.07) is 0. The fraction of sp³-hybridized carbons (Fsp3) is 0. The molecule has 0 unspecified atom stereocenters. The Labute approximate surface area is 63.5 Å². The second-order valence-corrected chi connectivity index (χ2v) is 1.38. The molecular weight excluding hydrogens is 161 g/mol. The molecule has 0 spiro atoms. The zero-order valence-corrected chi connectivity index (χ0v) is 5.59. The van der Waals surface area contributed by atoms with Crippen LogP contribution in [0.1, 0.15) is 0 Å². The molecule has 1 aliphatic heterocycles. The zero-order chi connectivity index (χ0) is 5.82. The molecule has 1 heterocycles. The van der Waals surface area contributed by atoms with Crippen LogP contribution in [0.2, 0.25) is 0 Å². The van der Waals surface area contributed by atoms with Crippen molar-refractivity contribution in [1.82, 2.24) is 5.32 Å². The second-order valence-electron chi connectivity index (χ2n) is 1.38. The molecular formula is C6H5CoNO. The van der Waals surface area contributed by atoms with Crippen LogP contribution in [0.15, 0.2) is 30.1 Å². The maximum absolute atomic E-state index is 9.85. The fourth-order valence-corrected chi connectivity index (χ4v) is 0.457. The Hall–Kier alpha value is -0.764. The molecule has 1 radical (unpaired) electrons. The minimum absolute atomic E-state index is 0. The number of hydrogen-bond donors (Lipinski definition) is 1. The maximum atomic E-state index is 9.85. The summed E-state index contributed by atoms with van der Waals surface area (Å²) in [4.78, 5) is 9.85. The SMILES string of the molecule is O=C=C1C=CC=CN1.[Co]. The Bertz CT molecular complexity index is 189. The molecule has 1 N–H and O–H groups in total. The molecule has 1 rings (SSSR count). The van der Waals surface area contributed by atoms with Gasteiger partial charge in [-0.3, -0.25) is 0 Å². The van der Waals surface area contributed by atoms with E-state index in [9.17, 15) is 4.79 Å². The van der Waals surface area contributed by atoms with Gasteiger partial charge in [-0.15, -0.1) is 0 Å². The molecule has 1 aliphatic rings. The standard InChI is InChI=1S/C6H5NO.Co/c8-5-6-3-1-2-4-7-6;/h1-4,7H;. The van der Waals surface area contributed by atoms with Gasteiger partial charge in [-0.2, -0.15) is 0 Å². The van der Waals surface area contributed by atoms with Crippen molar-refractivity contribution in [2.45, 2.75) is 0 Å². The monoisotopic (exact) mass is 166 g/mol. The van der Waals surface area contributed by atoms with Gasteiger partial charge in [0.15, 0.2) is 5.94 Å². The number of carbonyl (C=O) groups excluding carboxylic acids is 1. The van der Waals surface area contributed by atoms with Crippen LogP contribution in [0.25, 0.3) is 0 Å². The smallest absolute Gasteiger partial charge is 0.150 e. The molecule has 9 heavy (non-hydrogen) atoms. The van der Waals surface area contributed by atoms with Gasteiger partial charge in [0.05, 0.1) is 0 Å². The average Bonchev–Trinajstić information content (AvgIpc) is 1.90. The third-order valence-electron chi connectivity index (χ3n) is 0.819. The molecule has 0 amide bonds. The van der Waals surface area contributed by atoms with Gasteiger partial charge in [-0.25, -0.2) is 4.79 Å². The van der Waals surface area contributed by atoms with Crippen LogP contribution < -0.4 is 5.32 Å². The largest absolute Gasteiger partial charge is 0.353 e. The van der Waals surface area contributed by atoms with Crippen molar-refractivity contribution in [3.05, 3.63) is 30.1 Å². The van der Waals surface area contributed by atoms with E-state index >= 15 is 0 Å². The quantitative estimate of drug-likeness (QED) is 0.527. The third kappa shape index (κ3) is 2.33. The fourth-order valence-electron chi connectivity index (χ4n) is 0.457. The average molecular weight is 166 g/mol. The van der Waals surface area contributed by atoms with Crippen molar-refractivity contribution in [3.63, 3.8) is 0 Å². The van der Waals surface area contributed by atoms with Crippen LogP contribution in [0.4, 0.5) is 0 Å². The Morgan fingerprint density at radius 3 is 2.56 bits per heavy atom. The Morgan fingerprint density at radius 2 is 2.22 bits per heavy atom. The second kappa shape index (κ2) is 4.15. The molecule has 0 aliphatic carbocycles. The molecule has 0 saturated carbocycles. The number of nitrogens with one attached hydrogen (secondary N) is 1. The summed E-state index contributed by atoms with van der Waals surface area (Å²) in [5.41, 5.74) is 0.479. The van der Waals surface area contributed by atoms with E-state index in [2.05, 4.69) is 5.32 Å². The summed E-state index contributed by atoms with van der Waals surface area (Å²) < 4.78 is 0. The molecule has 49 valence electrons. The number of dihydropyridines is 1. The third-order valence-corrected chi connectivity index (χ3v) is 0.819. The number of allylic oxidation sites excluding steroid dienone is 3. The summed E-state index contributed by atoms with van der Waals surface area (Å²) in [6.07, 6.45) is 6.92. The molecule has 0 saturated heterocycles. The summed E-state index contributed by atoms with van der Waals surface area (Å²) in [7, 11) is 0. The summed E-state index contributed by atoms with van der Waals surface area (Å²) in [5, 5.41) is 2.69. The van der Waals surface area contributed by atoms with Crippen LogP contribution in [0.5, 0.6) is 0 Å². The van der Waals surface area contributed by atoms with Gasteiger partial charge in [-0.1, -0.05) is 6.08 Å². The van der Waals surface area contributed by atoms with E-state index in [0.29, 0.717) is 5.70 Å². The van der Waals surface area contributed by atoms with Crippen molar-refractivity contribution in [1.29, 1.82) is 0 Å². The Balaban J connectivity index is 0.000000640. The maximum Gasteiger partial charge on any atom is 0.150 e. The minimum atomic E-state index is 0. The van der Waals surface area contributed by atoms with E-state index in [1.165, 1.54) is 0 Å². The van der Waals surface area contributed by atoms with Gasteiger partial charge in [0.25, 0.3) is 0 Å². The Morgan fingerprint density at radius 1 is 1.44 bits per heavy atom. The summed E-state index contributed by atoms with van der Waals surface area (Å²) >= 11 is 0.